The van der Waals surface area contributed by atoms with Crippen molar-refractivity contribution in [3.8, 4) is 0 Å². The Kier molecular flexibility index (Phi) is 3.09. The van der Waals surface area contributed by atoms with Gasteiger partial charge in [-0.05, 0) is 46.7 Å². The maximum Gasteiger partial charge on any atom is 0.341 e. The monoisotopic (exact) mass is 386 g/mol. The minimum atomic E-state index is -1.33. The molecule has 1 aliphatic carbocycles. The Morgan fingerprint density at radius 2 is 1.86 bits per heavy atom. The van der Waals surface area contributed by atoms with Crippen molar-refractivity contribution in [2.75, 3.05) is 25.0 Å². The van der Waals surface area contributed by atoms with Gasteiger partial charge in [0.25, 0.3) is 0 Å². The van der Waals surface area contributed by atoms with Gasteiger partial charge in [-0.2, -0.15) is 0 Å². The molecule has 2 aromatic rings. The van der Waals surface area contributed by atoms with Gasteiger partial charge in [0, 0.05) is 24.8 Å². The second-order valence-electron chi connectivity index (χ2n) is 9.36. The molecule has 4 heterocycles. The number of carbonyl (C=O) groups is 1. The maximum absolute atomic E-state index is 15.0. The number of aromatic nitrogens is 2. The molecule has 0 aromatic carbocycles. The molecule has 2 aliphatic heterocycles. The van der Waals surface area contributed by atoms with E-state index in [2.05, 4.69) is 16.9 Å². The van der Waals surface area contributed by atoms with E-state index in [-0.39, 0.29) is 27.8 Å². The molecule has 2 aromatic heterocycles. The lowest BCUT2D eigenvalue weighted by atomic mass is 9.77. The topological polar surface area (TPSA) is 78.4 Å². The molecular formula is C20H23FN4O3. The summed E-state index contributed by atoms with van der Waals surface area (Å²) in [5.74, 6) is -1.66. The number of pyridine rings is 2. The van der Waals surface area contributed by atoms with E-state index in [0.717, 1.165) is 32.0 Å². The van der Waals surface area contributed by atoms with Crippen LogP contribution in [0.15, 0.2) is 17.1 Å². The molecule has 2 unspecified atom stereocenters. The molecule has 28 heavy (non-hydrogen) atoms. The number of rotatable bonds is 2. The van der Waals surface area contributed by atoms with E-state index >= 15 is 4.39 Å². The third kappa shape index (κ3) is 1.89. The van der Waals surface area contributed by atoms with E-state index in [0.29, 0.717) is 5.65 Å². The van der Waals surface area contributed by atoms with Crippen molar-refractivity contribution in [2.24, 2.45) is 0 Å². The maximum atomic E-state index is 15.0. The number of piperazine rings is 1. The van der Waals surface area contributed by atoms with Crippen LogP contribution in [0.2, 0.25) is 0 Å². The minimum absolute atomic E-state index is 0.00292. The average molecular weight is 386 g/mol. The van der Waals surface area contributed by atoms with E-state index < -0.39 is 22.8 Å². The number of hydrogen-bond acceptors (Lipinski definition) is 5. The molecule has 2 atom stereocenters. The summed E-state index contributed by atoms with van der Waals surface area (Å²) in [6.45, 7) is 7.14. The molecular weight excluding hydrogens is 363 g/mol. The number of carboxylic acid groups (broad SMARTS) is 1. The Labute approximate surface area is 161 Å². The Bertz CT molecular complexity index is 1100. The van der Waals surface area contributed by atoms with E-state index in [1.54, 1.807) is 4.57 Å². The first-order valence-corrected chi connectivity index (χ1v) is 9.50. The first kappa shape index (κ1) is 17.6. The molecule has 2 saturated heterocycles. The molecule has 1 saturated carbocycles. The van der Waals surface area contributed by atoms with Gasteiger partial charge in [-0.1, -0.05) is 0 Å². The second kappa shape index (κ2) is 4.92. The molecule has 0 amide bonds. The van der Waals surface area contributed by atoms with E-state index in [1.165, 1.54) is 6.20 Å². The smallest absolute Gasteiger partial charge is 0.341 e. The van der Waals surface area contributed by atoms with Crippen molar-refractivity contribution in [1.82, 2.24) is 14.5 Å². The number of anilines is 1. The van der Waals surface area contributed by atoms with Crippen molar-refractivity contribution in [3.05, 3.63) is 33.9 Å². The first-order chi connectivity index (χ1) is 13.0. The fourth-order valence-corrected chi connectivity index (χ4v) is 5.39. The average Bonchev–Trinajstić information content (AvgIpc) is 2.80. The Hall–Kier alpha value is -2.48. The summed E-state index contributed by atoms with van der Waals surface area (Å²) in [6, 6.07) is 1.15. The number of carboxylic acids is 1. The SMILES string of the molecule is CN1C23CCC12CN(c1nc2c(cc1F)c(=O)c(C(=O)O)cn2C(C)(C)C)C3. The molecule has 8 heteroatoms. The van der Waals surface area contributed by atoms with E-state index in [1.807, 2.05) is 25.7 Å². The van der Waals surface area contributed by atoms with Crippen molar-refractivity contribution in [3.63, 3.8) is 0 Å². The number of nitrogens with zero attached hydrogens (tertiary/aromatic N) is 4. The lowest BCUT2D eigenvalue weighted by Gasteiger charge is -2.27. The van der Waals surface area contributed by atoms with Crippen molar-refractivity contribution >= 4 is 22.8 Å². The third-order valence-corrected chi connectivity index (χ3v) is 7.12. The number of aromatic carboxylic acids is 1. The van der Waals surface area contributed by atoms with Gasteiger partial charge in [-0.3, -0.25) is 9.69 Å². The van der Waals surface area contributed by atoms with Crippen molar-refractivity contribution < 1.29 is 14.3 Å². The normalized spacial score (nSPS) is 30.8. The van der Waals surface area contributed by atoms with Crippen LogP contribution >= 0.6 is 0 Å². The van der Waals surface area contributed by atoms with Crippen molar-refractivity contribution in [1.29, 1.82) is 0 Å². The lowest BCUT2D eigenvalue weighted by Crippen LogP contribution is -2.34. The number of halogens is 1. The molecule has 7 nitrogen and oxygen atoms in total. The van der Waals surface area contributed by atoms with Gasteiger partial charge in [-0.15, -0.1) is 0 Å². The van der Waals surface area contributed by atoms with Gasteiger partial charge >= 0.3 is 5.97 Å². The van der Waals surface area contributed by atoms with Gasteiger partial charge in [0.1, 0.15) is 11.2 Å². The van der Waals surface area contributed by atoms with Crippen molar-refractivity contribution in [2.45, 2.75) is 50.2 Å². The highest BCUT2D eigenvalue weighted by atomic mass is 19.1. The summed E-state index contributed by atoms with van der Waals surface area (Å²) < 4.78 is 16.7. The molecule has 0 spiro atoms. The highest BCUT2D eigenvalue weighted by Crippen LogP contribution is 2.69. The molecule has 0 radical (unpaired) electrons. The third-order valence-electron chi connectivity index (χ3n) is 7.12. The molecule has 1 N–H and O–H groups in total. The standard InChI is InChI=1S/C20H23FN4O3/c1-18(2,3)25-8-12(17(27)28)14(26)11-7-13(21)16(22-15(11)25)24-9-19-5-6-20(19,10-24)23(19)4/h7-8H,5-6,9-10H2,1-4H3,(H,27,28). The fourth-order valence-electron chi connectivity index (χ4n) is 5.39. The zero-order chi connectivity index (χ0) is 20.2. The number of likely N-dealkylation sites (N-methyl/N-ethyl adjacent to an activating group) is 1. The van der Waals surface area contributed by atoms with Gasteiger partial charge in [0.2, 0.25) is 5.43 Å². The molecule has 148 valence electrons. The van der Waals surface area contributed by atoms with Crippen LogP contribution in [-0.4, -0.2) is 56.7 Å². The lowest BCUT2D eigenvalue weighted by molar-refractivity contribution is 0.0694. The molecule has 5 rings (SSSR count). The van der Waals surface area contributed by atoms with Crippen LogP contribution in [0.5, 0.6) is 0 Å². The largest absolute Gasteiger partial charge is 0.477 e. The number of likely N-dealkylation sites (tertiary alicyclic amines) is 1. The predicted octanol–water partition coefficient (Wildman–Crippen LogP) is 2.03. The number of fused-ring (bicyclic) bond motifs is 1. The van der Waals surface area contributed by atoms with E-state index in [4.69, 9.17) is 0 Å². The molecule has 3 fully saturated rings. The predicted molar refractivity (Wildman–Crippen MR) is 103 cm³/mol. The van der Waals surface area contributed by atoms with Crippen LogP contribution in [0, 0.1) is 5.82 Å². The second-order valence-corrected chi connectivity index (χ2v) is 9.36. The van der Waals surface area contributed by atoms with Crippen LogP contribution < -0.4 is 10.3 Å². The summed E-state index contributed by atoms with van der Waals surface area (Å²) in [7, 11) is 2.12. The summed E-state index contributed by atoms with van der Waals surface area (Å²) >= 11 is 0. The zero-order valence-corrected chi connectivity index (χ0v) is 16.4. The fraction of sp³-hybridized carbons (Fsp3) is 0.550. The van der Waals surface area contributed by atoms with E-state index in [9.17, 15) is 14.7 Å². The Morgan fingerprint density at radius 3 is 2.36 bits per heavy atom. The van der Waals surface area contributed by atoms with Gasteiger partial charge in [-0.25, -0.2) is 14.2 Å². The van der Waals surface area contributed by atoms with Crippen LogP contribution in [-0.2, 0) is 5.54 Å². The highest BCUT2D eigenvalue weighted by Gasteiger charge is 2.82. The molecule has 3 aliphatic rings. The first-order valence-electron chi connectivity index (χ1n) is 9.50. The summed E-state index contributed by atoms with van der Waals surface area (Å²) in [4.78, 5) is 33.1. The van der Waals surface area contributed by atoms with Crippen LogP contribution in [0.1, 0.15) is 44.0 Å². The summed E-state index contributed by atoms with van der Waals surface area (Å²) in [5.41, 5.74) is -1.00. The molecule has 0 bridgehead atoms. The van der Waals surface area contributed by atoms with Crippen LogP contribution in [0.25, 0.3) is 11.0 Å². The van der Waals surface area contributed by atoms with Gasteiger partial charge < -0.3 is 14.6 Å². The van der Waals surface area contributed by atoms with Crippen LogP contribution in [0.4, 0.5) is 10.2 Å². The quantitative estimate of drug-likeness (QED) is 0.796. The Balaban J connectivity index is 1.69. The summed E-state index contributed by atoms with van der Waals surface area (Å²) in [5, 5.41) is 9.39. The van der Waals surface area contributed by atoms with Gasteiger partial charge in [0.05, 0.1) is 16.5 Å². The summed E-state index contributed by atoms with van der Waals surface area (Å²) in [6.07, 6.45) is 3.55. The zero-order valence-electron chi connectivity index (χ0n) is 16.4. The van der Waals surface area contributed by atoms with Gasteiger partial charge in [0.15, 0.2) is 11.6 Å². The Morgan fingerprint density at radius 1 is 1.25 bits per heavy atom. The van der Waals surface area contributed by atoms with Crippen LogP contribution in [0.3, 0.4) is 0 Å². The number of hydrogen-bond donors (Lipinski definition) is 1. The minimum Gasteiger partial charge on any atom is -0.477 e. The highest BCUT2D eigenvalue weighted by molar-refractivity contribution is 5.92.